The van der Waals surface area contributed by atoms with Crippen molar-refractivity contribution in [3.8, 4) is 0 Å². The van der Waals surface area contributed by atoms with Crippen LogP contribution in [0.25, 0.3) is 0 Å². The zero-order chi connectivity index (χ0) is 23.8. The van der Waals surface area contributed by atoms with Crippen LogP contribution in [-0.2, 0) is 24.1 Å². The Kier molecular flexibility index (Phi) is 4.92. The van der Waals surface area contributed by atoms with E-state index >= 15 is 0 Å². The third-order valence-corrected chi connectivity index (χ3v) is 9.64. The monoisotopic (exact) mass is 496 g/mol. The Morgan fingerprint density at radius 2 is 1.26 bits per heavy atom. The molecule has 0 unspecified atom stereocenters. The molecule has 1 N–H and O–H groups in total. The molecular formula is C27H26Cl2N2O3. The van der Waals surface area contributed by atoms with Crippen LogP contribution in [0, 0.1) is 17.8 Å². The summed E-state index contributed by atoms with van der Waals surface area (Å²) < 4.78 is 0. The van der Waals surface area contributed by atoms with Crippen molar-refractivity contribution in [3.63, 3.8) is 0 Å². The van der Waals surface area contributed by atoms with Gasteiger partial charge in [0.25, 0.3) is 0 Å². The van der Waals surface area contributed by atoms with Crippen molar-refractivity contribution in [2.75, 3.05) is 6.54 Å². The fraction of sp³-hybridized carbons (Fsp3) is 0.444. The molecule has 2 bridgehead atoms. The summed E-state index contributed by atoms with van der Waals surface area (Å²) in [6, 6.07) is 15.1. The minimum absolute atomic E-state index is 0.0854. The maximum absolute atomic E-state index is 13.8. The summed E-state index contributed by atoms with van der Waals surface area (Å²) in [6.07, 6.45) is 3.97. The Bertz CT molecular complexity index is 1100. The molecule has 0 radical (unpaired) electrons. The lowest BCUT2D eigenvalue weighted by molar-refractivity contribution is -0.144. The second-order valence-electron chi connectivity index (χ2n) is 10.3. The lowest BCUT2D eigenvalue weighted by Crippen LogP contribution is -2.57. The summed E-state index contributed by atoms with van der Waals surface area (Å²) >= 11 is 14.8. The van der Waals surface area contributed by atoms with E-state index in [9.17, 15) is 14.4 Å². The van der Waals surface area contributed by atoms with Gasteiger partial charge in [-0.05, 0) is 53.9 Å². The maximum Gasteiger partial charge on any atom is 0.240 e. The molecule has 5 nitrogen and oxygen atoms in total. The highest BCUT2D eigenvalue weighted by Crippen LogP contribution is 2.69. The number of likely N-dealkylation sites (tertiary alicyclic amines) is 1. The first kappa shape index (κ1) is 22.1. The topological polar surface area (TPSA) is 66.5 Å². The van der Waals surface area contributed by atoms with Crippen LogP contribution in [0.3, 0.4) is 0 Å². The van der Waals surface area contributed by atoms with Gasteiger partial charge in [0.2, 0.25) is 17.7 Å². The van der Waals surface area contributed by atoms with Crippen molar-refractivity contribution >= 4 is 40.9 Å². The van der Waals surface area contributed by atoms with Gasteiger partial charge >= 0.3 is 0 Å². The van der Waals surface area contributed by atoms with Crippen molar-refractivity contribution < 1.29 is 14.4 Å². The smallest absolute Gasteiger partial charge is 0.240 e. The van der Waals surface area contributed by atoms with Gasteiger partial charge < -0.3 is 5.32 Å². The van der Waals surface area contributed by atoms with E-state index in [2.05, 4.69) is 12.2 Å². The molecule has 5 aliphatic rings. The van der Waals surface area contributed by atoms with Crippen LogP contribution < -0.4 is 5.32 Å². The largest absolute Gasteiger partial charge is 0.352 e. The fourth-order valence-electron chi connectivity index (χ4n) is 6.70. The average Bonchev–Trinajstić information content (AvgIpc) is 3.10. The van der Waals surface area contributed by atoms with Gasteiger partial charge in [-0.25, -0.2) is 0 Å². The van der Waals surface area contributed by atoms with Gasteiger partial charge in [0.1, 0.15) is 16.3 Å². The quantitative estimate of drug-likeness (QED) is 0.509. The molecule has 2 fully saturated rings. The molecule has 7 heteroatoms. The van der Waals surface area contributed by atoms with E-state index in [1.165, 1.54) is 0 Å². The van der Waals surface area contributed by atoms with Crippen molar-refractivity contribution in [3.05, 3.63) is 70.8 Å². The van der Waals surface area contributed by atoms with Gasteiger partial charge in [-0.2, -0.15) is 0 Å². The van der Waals surface area contributed by atoms with Gasteiger partial charge in [0, 0.05) is 6.04 Å². The first-order valence-electron chi connectivity index (χ1n) is 12.0. The predicted molar refractivity (Wildman–Crippen MR) is 129 cm³/mol. The number of benzene rings is 2. The third kappa shape index (κ3) is 2.77. The van der Waals surface area contributed by atoms with E-state index in [1.807, 2.05) is 48.5 Å². The molecule has 1 heterocycles. The van der Waals surface area contributed by atoms with Crippen LogP contribution in [0.15, 0.2) is 48.5 Å². The molecule has 1 saturated heterocycles. The Hall–Kier alpha value is -2.37. The molecule has 7 rings (SSSR count). The molecule has 1 saturated carbocycles. The number of carbonyl (C=O) groups is 3. The summed E-state index contributed by atoms with van der Waals surface area (Å²) in [5.41, 5.74) is 3.04. The molecule has 2 atom stereocenters. The SMILES string of the molecule is CC1CCC(NC(=O)CN2C(=O)[C@H]3[C@H](C2=O)C2(Cl)c4ccccc4C3(Cl)c3ccccc32)CC1. The third-order valence-electron chi connectivity index (χ3n) is 8.36. The maximum atomic E-state index is 13.8. The molecule has 176 valence electrons. The molecule has 2 aromatic rings. The number of nitrogens with zero attached hydrogens (tertiary/aromatic N) is 1. The highest BCUT2D eigenvalue weighted by atomic mass is 35.5. The minimum atomic E-state index is -1.22. The number of rotatable bonds is 3. The van der Waals surface area contributed by atoms with Gasteiger partial charge in [-0.3, -0.25) is 19.3 Å². The number of amides is 3. The molecular weight excluding hydrogens is 471 g/mol. The predicted octanol–water partition coefficient (Wildman–Crippen LogP) is 4.27. The number of halogens is 2. The number of hydrogen-bond donors (Lipinski definition) is 1. The second kappa shape index (κ2) is 7.56. The van der Waals surface area contributed by atoms with Gasteiger partial charge in [0.15, 0.2) is 0 Å². The standard InChI is InChI=1S/C27H26Cl2N2O3/c1-15-10-12-16(13-11-15)30-21(32)14-31-24(33)22-23(25(31)34)27(29)18-7-3-2-6-17(18)26(22,28)19-8-4-5-9-20(19)27/h2-9,15-16,22-23H,10-14H2,1H3,(H,30,32)/t15?,16?,22-,23-,26?,27?/m1/s1. The van der Waals surface area contributed by atoms with Crippen molar-refractivity contribution in [1.29, 1.82) is 0 Å². The Morgan fingerprint density at radius 1 is 0.853 bits per heavy atom. The average molecular weight is 497 g/mol. The zero-order valence-corrected chi connectivity index (χ0v) is 20.4. The zero-order valence-electron chi connectivity index (χ0n) is 18.9. The van der Waals surface area contributed by atoms with Crippen LogP contribution in [0.5, 0.6) is 0 Å². The second-order valence-corrected chi connectivity index (χ2v) is 11.4. The van der Waals surface area contributed by atoms with Gasteiger partial charge in [0.05, 0.1) is 11.8 Å². The Labute approximate surface area is 208 Å². The fourth-order valence-corrected chi connectivity index (χ4v) is 7.80. The number of alkyl halides is 2. The minimum Gasteiger partial charge on any atom is -0.352 e. The van der Waals surface area contributed by atoms with Crippen LogP contribution >= 0.6 is 23.2 Å². The van der Waals surface area contributed by atoms with E-state index in [0.717, 1.165) is 52.8 Å². The molecule has 34 heavy (non-hydrogen) atoms. The molecule has 0 spiro atoms. The number of hydrogen-bond acceptors (Lipinski definition) is 3. The lowest BCUT2D eigenvalue weighted by atomic mass is 9.54. The summed E-state index contributed by atoms with van der Waals surface area (Å²) in [5.74, 6) is -2.23. The van der Waals surface area contributed by atoms with E-state index in [0.29, 0.717) is 5.92 Å². The van der Waals surface area contributed by atoms with E-state index in [-0.39, 0.29) is 18.5 Å². The van der Waals surface area contributed by atoms with Crippen LogP contribution in [-0.4, -0.2) is 35.2 Å². The summed E-state index contributed by atoms with van der Waals surface area (Å²) in [4.78, 5) is 39.1. The van der Waals surface area contributed by atoms with E-state index in [4.69, 9.17) is 23.2 Å². The molecule has 2 aromatic carbocycles. The van der Waals surface area contributed by atoms with Gasteiger partial charge in [-0.1, -0.05) is 55.5 Å². The van der Waals surface area contributed by atoms with Crippen molar-refractivity contribution in [2.24, 2.45) is 17.8 Å². The van der Waals surface area contributed by atoms with Crippen LogP contribution in [0.2, 0.25) is 0 Å². The van der Waals surface area contributed by atoms with Gasteiger partial charge in [-0.15, -0.1) is 23.2 Å². The molecule has 4 aliphatic carbocycles. The number of nitrogens with one attached hydrogen (secondary N) is 1. The highest BCUT2D eigenvalue weighted by molar-refractivity contribution is 6.36. The molecule has 1 aliphatic heterocycles. The lowest BCUT2D eigenvalue weighted by Gasteiger charge is -2.54. The Balaban J connectivity index is 1.37. The van der Waals surface area contributed by atoms with Crippen molar-refractivity contribution in [2.45, 2.75) is 48.4 Å². The first-order chi connectivity index (χ1) is 16.3. The Morgan fingerprint density at radius 3 is 1.68 bits per heavy atom. The van der Waals surface area contributed by atoms with Crippen LogP contribution in [0.1, 0.15) is 54.9 Å². The number of imide groups is 1. The van der Waals surface area contributed by atoms with E-state index in [1.54, 1.807) is 0 Å². The van der Waals surface area contributed by atoms with Crippen molar-refractivity contribution in [1.82, 2.24) is 10.2 Å². The summed E-state index contributed by atoms with van der Waals surface area (Å²) in [7, 11) is 0. The van der Waals surface area contributed by atoms with E-state index < -0.39 is 33.4 Å². The highest BCUT2D eigenvalue weighted by Gasteiger charge is 2.73. The first-order valence-corrected chi connectivity index (χ1v) is 12.8. The summed E-state index contributed by atoms with van der Waals surface area (Å²) in [6.45, 7) is 1.92. The summed E-state index contributed by atoms with van der Waals surface area (Å²) in [5, 5.41) is 3.03. The molecule has 0 aromatic heterocycles. The molecule has 3 amide bonds. The normalized spacial score (nSPS) is 35.6. The van der Waals surface area contributed by atoms with Crippen LogP contribution in [0.4, 0.5) is 0 Å². The number of carbonyl (C=O) groups excluding carboxylic acids is 3.